The molecular formula is C18H26BFO3. The van der Waals surface area contributed by atoms with E-state index in [1.54, 1.807) is 0 Å². The molecule has 1 aromatic rings. The van der Waals surface area contributed by atoms with Gasteiger partial charge in [0.05, 0.1) is 11.2 Å². The van der Waals surface area contributed by atoms with Gasteiger partial charge in [0.15, 0.2) is 0 Å². The van der Waals surface area contributed by atoms with Crippen molar-refractivity contribution >= 4 is 12.6 Å². The second kappa shape index (κ2) is 5.87. The van der Waals surface area contributed by atoms with Gasteiger partial charge in [0.25, 0.3) is 0 Å². The highest BCUT2D eigenvalue weighted by Gasteiger charge is 2.51. The Balaban J connectivity index is 1.68. The molecule has 5 heteroatoms. The van der Waals surface area contributed by atoms with Crippen LogP contribution in [0.5, 0.6) is 0 Å². The third kappa shape index (κ3) is 3.47. The van der Waals surface area contributed by atoms with E-state index in [1.807, 2.05) is 52.0 Å². The Morgan fingerprint density at radius 2 is 1.48 bits per heavy atom. The molecule has 2 saturated heterocycles. The summed E-state index contributed by atoms with van der Waals surface area (Å²) in [6.07, 6.45) is 1.40. The highest BCUT2D eigenvalue weighted by Crippen LogP contribution is 2.36. The number of hydrogen-bond donors (Lipinski definition) is 0. The van der Waals surface area contributed by atoms with E-state index in [9.17, 15) is 4.39 Å². The van der Waals surface area contributed by atoms with Crippen LogP contribution in [-0.2, 0) is 20.5 Å². The third-order valence-electron chi connectivity index (χ3n) is 5.41. The first-order valence-corrected chi connectivity index (χ1v) is 8.42. The Labute approximate surface area is 138 Å². The molecule has 23 heavy (non-hydrogen) atoms. The van der Waals surface area contributed by atoms with E-state index in [0.29, 0.717) is 32.5 Å². The molecule has 0 atom stereocenters. The maximum absolute atomic E-state index is 14.7. The SMILES string of the molecule is CC1(C)OB(c2ccc(CC3(F)CCOCC3)cc2)OC1(C)C. The molecule has 0 radical (unpaired) electrons. The van der Waals surface area contributed by atoms with Crippen molar-refractivity contribution in [3.8, 4) is 0 Å². The van der Waals surface area contributed by atoms with Crippen LogP contribution in [0, 0.1) is 0 Å². The predicted molar refractivity (Wildman–Crippen MR) is 89.8 cm³/mol. The number of hydrogen-bond acceptors (Lipinski definition) is 3. The molecule has 0 aliphatic carbocycles. The van der Waals surface area contributed by atoms with Crippen LogP contribution in [0.2, 0.25) is 0 Å². The molecule has 3 rings (SSSR count). The summed E-state index contributed by atoms with van der Waals surface area (Å²) in [5.74, 6) is 0. The van der Waals surface area contributed by atoms with E-state index >= 15 is 0 Å². The molecule has 2 aliphatic heterocycles. The second-order valence-electron chi connectivity index (χ2n) is 7.77. The van der Waals surface area contributed by atoms with Gasteiger partial charge in [-0.3, -0.25) is 0 Å². The highest BCUT2D eigenvalue weighted by molar-refractivity contribution is 6.62. The summed E-state index contributed by atoms with van der Waals surface area (Å²) in [4.78, 5) is 0. The zero-order valence-electron chi connectivity index (χ0n) is 14.5. The summed E-state index contributed by atoms with van der Waals surface area (Å²) >= 11 is 0. The first-order chi connectivity index (χ1) is 10.7. The molecule has 2 fully saturated rings. The van der Waals surface area contributed by atoms with Gasteiger partial charge in [-0.1, -0.05) is 24.3 Å². The minimum absolute atomic E-state index is 0.346. The van der Waals surface area contributed by atoms with Crippen molar-refractivity contribution in [1.29, 1.82) is 0 Å². The summed E-state index contributed by atoms with van der Waals surface area (Å²) in [7, 11) is -0.364. The van der Waals surface area contributed by atoms with Crippen molar-refractivity contribution < 1.29 is 18.4 Å². The van der Waals surface area contributed by atoms with E-state index < -0.39 is 5.67 Å². The molecular weight excluding hydrogens is 294 g/mol. The molecule has 126 valence electrons. The van der Waals surface area contributed by atoms with Gasteiger partial charge in [-0.2, -0.15) is 0 Å². The van der Waals surface area contributed by atoms with Crippen LogP contribution in [0.3, 0.4) is 0 Å². The molecule has 0 unspecified atom stereocenters. The van der Waals surface area contributed by atoms with Gasteiger partial charge in [-0.05, 0) is 38.7 Å². The van der Waals surface area contributed by atoms with Gasteiger partial charge in [-0.15, -0.1) is 0 Å². The molecule has 0 bridgehead atoms. The Hall–Kier alpha value is -0.905. The van der Waals surface area contributed by atoms with Crippen LogP contribution in [0.25, 0.3) is 0 Å². The summed E-state index contributed by atoms with van der Waals surface area (Å²) < 4.78 is 32.1. The van der Waals surface area contributed by atoms with Gasteiger partial charge in [0, 0.05) is 32.5 Å². The Kier molecular flexibility index (Phi) is 4.32. The highest BCUT2D eigenvalue weighted by atomic mass is 19.1. The Bertz CT molecular complexity index is 534. The summed E-state index contributed by atoms with van der Waals surface area (Å²) in [5.41, 5.74) is 0.162. The fourth-order valence-corrected chi connectivity index (χ4v) is 3.05. The average Bonchev–Trinajstić information content (AvgIpc) is 2.68. The molecule has 0 N–H and O–H groups in total. The standard InChI is InChI=1S/C18H26BFO3/c1-16(2)17(3,4)23-19(22-16)15-7-5-14(6-8-15)13-18(20)9-11-21-12-10-18/h5-8H,9-13H2,1-4H3. The summed E-state index contributed by atoms with van der Waals surface area (Å²) in [6, 6.07) is 7.94. The van der Waals surface area contributed by atoms with Crippen molar-refractivity contribution in [1.82, 2.24) is 0 Å². The Morgan fingerprint density at radius 3 is 2.00 bits per heavy atom. The molecule has 1 aromatic carbocycles. The van der Waals surface area contributed by atoms with Crippen LogP contribution < -0.4 is 5.46 Å². The maximum Gasteiger partial charge on any atom is 0.494 e. The lowest BCUT2D eigenvalue weighted by atomic mass is 9.78. The average molecular weight is 320 g/mol. The number of rotatable bonds is 3. The van der Waals surface area contributed by atoms with Crippen LogP contribution >= 0.6 is 0 Å². The fraction of sp³-hybridized carbons (Fsp3) is 0.667. The lowest BCUT2D eigenvalue weighted by molar-refractivity contribution is -0.00815. The smallest absolute Gasteiger partial charge is 0.399 e. The lowest BCUT2D eigenvalue weighted by Crippen LogP contribution is -2.41. The van der Waals surface area contributed by atoms with Crippen molar-refractivity contribution in [2.75, 3.05) is 13.2 Å². The molecule has 2 heterocycles. The Morgan fingerprint density at radius 1 is 0.957 bits per heavy atom. The van der Waals surface area contributed by atoms with Crippen LogP contribution in [0.4, 0.5) is 4.39 Å². The number of benzene rings is 1. The number of alkyl halides is 1. The van der Waals surface area contributed by atoms with E-state index in [0.717, 1.165) is 11.0 Å². The van der Waals surface area contributed by atoms with Gasteiger partial charge in [0.2, 0.25) is 0 Å². The fourth-order valence-electron chi connectivity index (χ4n) is 3.05. The minimum atomic E-state index is -1.13. The quantitative estimate of drug-likeness (QED) is 0.801. The maximum atomic E-state index is 14.7. The number of ether oxygens (including phenoxy) is 1. The first kappa shape index (κ1) is 16.9. The lowest BCUT2D eigenvalue weighted by Gasteiger charge is -2.32. The molecule has 2 aliphatic rings. The van der Waals surface area contributed by atoms with Crippen LogP contribution in [0.15, 0.2) is 24.3 Å². The molecule has 0 amide bonds. The third-order valence-corrected chi connectivity index (χ3v) is 5.41. The van der Waals surface area contributed by atoms with E-state index in [-0.39, 0.29) is 18.3 Å². The zero-order chi connectivity index (χ0) is 16.7. The molecule has 0 aromatic heterocycles. The van der Waals surface area contributed by atoms with E-state index in [1.165, 1.54) is 0 Å². The predicted octanol–water partition coefficient (Wildman–Crippen LogP) is 3.05. The summed E-state index contributed by atoms with van der Waals surface area (Å²) in [6.45, 7) is 9.20. The second-order valence-corrected chi connectivity index (χ2v) is 7.77. The van der Waals surface area contributed by atoms with Gasteiger partial charge in [-0.25, -0.2) is 4.39 Å². The minimum Gasteiger partial charge on any atom is -0.399 e. The number of halogens is 1. The van der Waals surface area contributed by atoms with Crippen molar-refractivity contribution in [2.45, 2.75) is 63.8 Å². The summed E-state index contributed by atoms with van der Waals surface area (Å²) in [5, 5.41) is 0. The van der Waals surface area contributed by atoms with Crippen LogP contribution in [-0.4, -0.2) is 37.2 Å². The van der Waals surface area contributed by atoms with Gasteiger partial charge < -0.3 is 14.0 Å². The first-order valence-electron chi connectivity index (χ1n) is 8.42. The van der Waals surface area contributed by atoms with Crippen molar-refractivity contribution in [3.63, 3.8) is 0 Å². The van der Waals surface area contributed by atoms with Gasteiger partial charge in [0.1, 0.15) is 5.67 Å². The molecule has 3 nitrogen and oxygen atoms in total. The van der Waals surface area contributed by atoms with Crippen molar-refractivity contribution in [3.05, 3.63) is 29.8 Å². The van der Waals surface area contributed by atoms with E-state index in [4.69, 9.17) is 14.0 Å². The monoisotopic (exact) mass is 320 g/mol. The molecule has 0 saturated carbocycles. The van der Waals surface area contributed by atoms with Gasteiger partial charge >= 0.3 is 7.12 Å². The largest absolute Gasteiger partial charge is 0.494 e. The zero-order valence-corrected chi connectivity index (χ0v) is 14.5. The van der Waals surface area contributed by atoms with Crippen LogP contribution in [0.1, 0.15) is 46.1 Å². The normalized spacial score (nSPS) is 25.5. The topological polar surface area (TPSA) is 27.7 Å². The molecule has 0 spiro atoms. The van der Waals surface area contributed by atoms with Crippen molar-refractivity contribution in [2.24, 2.45) is 0 Å². The van der Waals surface area contributed by atoms with E-state index in [2.05, 4.69) is 0 Å².